The molecule has 0 amide bonds. The fourth-order valence-corrected chi connectivity index (χ4v) is 13.7. The topological polar surface area (TPSA) is 253 Å². The van der Waals surface area contributed by atoms with Gasteiger partial charge in [-0.1, -0.05) is 145 Å². The van der Waals surface area contributed by atoms with Crippen LogP contribution in [0.25, 0.3) is 98.1 Å². The van der Waals surface area contributed by atoms with E-state index >= 15 is 0 Å². The number of methoxy groups -OCH3 is 2. The van der Waals surface area contributed by atoms with Crippen LogP contribution in [-0.2, 0) is 32.7 Å². The molecule has 0 bridgehead atoms. The van der Waals surface area contributed by atoms with Crippen molar-refractivity contribution in [1.82, 2.24) is 19.9 Å². The van der Waals surface area contributed by atoms with Crippen LogP contribution in [0.2, 0.25) is 15.1 Å². The Bertz CT molecular complexity index is 5560. The van der Waals surface area contributed by atoms with E-state index in [9.17, 15) is 10.0 Å². The third-order valence-electron chi connectivity index (χ3n) is 21.1. The van der Waals surface area contributed by atoms with Gasteiger partial charge in [0, 0.05) is 76.2 Å². The summed E-state index contributed by atoms with van der Waals surface area (Å²) >= 11 is 21.3. The number of nitrogens with zero attached hydrogens (tertiary/aromatic N) is 4. The Kier molecular flexibility index (Phi) is 26.1. The summed E-state index contributed by atoms with van der Waals surface area (Å²) in [5.41, 5.74) is 16.4. The van der Waals surface area contributed by atoms with Crippen LogP contribution in [0.4, 0.5) is 11.4 Å². The first-order chi connectivity index (χ1) is 52.7. The molecule has 0 saturated carbocycles. The summed E-state index contributed by atoms with van der Waals surface area (Å²) in [7, 11) is 0.217. The highest BCUT2D eigenvalue weighted by Crippen LogP contribution is 2.45. The lowest BCUT2D eigenvalue weighted by molar-refractivity contribution is 0.00578. The summed E-state index contributed by atoms with van der Waals surface area (Å²) in [4.78, 5) is 16.2. The number of hydrogen-bond acceptors (Lipinski definition) is 19. The minimum Gasteiger partial charge on any atom is -0.497 e. The van der Waals surface area contributed by atoms with Gasteiger partial charge >= 0.3 is 28.3 Å². The third kappa shape index (κ3) is 18.2. The minimum absolute atomic E-state index is 0. The monoisotopic (exact) mass is 1630 g/mol. The van der Waals surface area contributed by atoms with Gasteiger partial charge in [-0.3, -0.25) is 19.9 Å². The van der Waals surface area contributed by atoms with Crippen LogP contribution in [0.3, 0.4) is 0 Å². The summed E-state index contributed by atoms with van der Waals surface area (Å²) in [6, 6.07) is 48.2. The van der Waals surface area contributed by atoms with Crippen molar-refractivity contribution in [2.45, 2.75) is 137 Å². The molecule has 0 radical (unpaired) electrons. The zero-order valence-electron chi connectivity index (χ0n) is 64.5. The number of pyridine rings is 4. The summed E-state index contributed by atoms with van der Waals surface area (Å²) in [5, 5.41) is 32.9. The number of halogens is 4. The van der Waals surface area contributed by atoms with Crippen LogP contribution in [-0.4, -0.2) is 119 Å². The lowest BCUT2D eigenvalue weighted by Crippen LogP contribution is -2.41. The Morgan fingerprint density at radius 2 is 0.795 bits per heavy atom. The zero-order chi connectivity index (χ0) is 79.5. The number of fused-ring (bicyclic) bond motifs is 10. The number of anilines is 2. The molecule has 8 aromatic carbocycles. The van der Waals surface area contributed by atoms with Crippen molar-refractivity contribution in [3.05, 3.63) is 215 Å². The molecule has 4 aliphatic rings. The van der Waals surface area contributed by atoms with Crippen molar-refractivity contribution in [1.29, 1.82) is 0 Å². The van der Waals surface area contributed by atoms with Crippen molar-refractivity contribution in [3.8, 4) is 22.6 Å². The van der Waals surface area contributed by atoms with E-state index in [1.54, 1.807) is 50.2 Å². The molecule has 580 valence electrons. The molecule has 6 N–H and O–H groups in total. The maximum atomic E-state index is 9.17. The van der Waals surface area contributed by atoms with E-state index in [1.807, 2.05) is 153 Å². The van der Waals surface area contributed by atoms with Crippen molar-refractivity contribution in [3.63, 3.8) is 0 Å². The third-order valence-corrected chi connectivity index (χ3v) is 23.1. The van der Waals surface area contributed by atoms with Gasteiger partial charge < -0.3 is 72.5 Å². The van der Waals surface area contributed by atoms with Gasteiger partial charge in [-0.05, 0) is 197 Å². The molecular weight excluding hydrogens is 1540 g/mol. The second kappa shape index (κ2) is 34.6. The summed E-state index contributed by atoms with van der Waals surface area (Å²) in [6.07, 6.45) is 15.7. The largest absolute Gasteiger partial charge is 0.497 e. The fraction of sp³-hybridized carbons (Fsp3) is 0.294. The molecule has 4 fully saturated rings. The van der Waals surface area contributed by atoms with Crippen LogP contribution in [0.5, 0.6) is 11.5 Å². The van der Waals surface area contributed by atoms with Crippen molar-refractivity contribution >= 4 is 188 Å². The molecule has 10 heterocycles. The maximum absolute atomic E-state index is 9.17. The summed E-state index contributed by atoms with van der Waals surface area (Å²) in [6.45, 7) is 26.4. The van der Waals surface area contributed by atoms with E-state index in [0.717, 1.165) is 112 Å². The van der Waals surface area contributed by atoms with Gasteiger partial charge in [0.1, 0.15) is 22.7 Å². The molecule has 18 rings (SSSR count). The first kappa shape index (κ1) is 84.4. The molecule has 4 aliphatic heterocycles. The van der Waals surface area contributed by atoms with E-state index in [2.05, 4.69) is 106 Å². The van der Waals surface area contributed by atoms with Crippen molar-refractivity contribution in [2.24, 2.45) is 0 Å². The molecule has 6 aromatic heterocycles. The molecule has 27 heteroatoms. The molecule has 19 nitrogen and oxygen atoms in total. The van der Waals surface area contributed by atoms with Crippen LogP contribution in [0.15, 0.2) is 208 Å². The molecule has 0 aliphatic carbocycles. The quantitative estimate of drug-likeness (QED) is 0.113. The average molecular weight is 1640 g/mol. The molecule has 0 spiro atoms. The second-order valence-electron chi connectivity index (χ2n) is 30.2. The van der Waals surface area contributed by atoms with Gasteiger partial charge in [0.05, 0.1) is 109 Å². The number of benzene rings is 8. The van der Waals surface area contributed by atoms with Gasteiger partial charge in [-0.15, -0.1) is 0 Å². The van der Waals surface area contributed by atoms with Crippen LogP contribution in [0, 0.1) is 0 Å². The predicted octanol–water partition coefficient (Wildman–Crippen LogP) is 19.7. The average Bonchev–Trinajstić information content (AvgIpc) is 1.60. The highest BCUT2D eigenvalue weighted by atomic mass is 79.9. The van der Waals surface area contributed by atoms with Gasteiger partial charge in [0.15, 0.2) is 11.2 Å². The highest BCUT2D eigenvalue weighted by molar-refractivity contribution is 9.10. The Labute approximate surface area is 677 Å². The van der Waals surface area contributed by atoms with Crippen LogP contribution >= 0.6 is 50.7 Å². The van der Waals surface area contributed by atoms with Crippen LogP contribution in [0.1, 0.15) is 103 Å². The number of nitrogens with two attached hydrogens (primary N) is 2. The molecular formula is C85H92B4BrCl3N6O13. The van der Waals surface area contributed by atoms with Crippen molar-refractivity contribution in [2.75, 3.05) is 38.9 Å². The lowest BCUT2D eigenvalue weighted by Gasteiger charge is -2.32. The van der Waals surface area contributed by atoms with E-state index < -0.39 is 39.5 Å². The number of ether oxygens (including phenoxy) is 3. The molecule has 4 saturated heterocycles. The van der Waals surface area contributed by atoms with Crippen molar-refractivity contribution < 1.29 is 61.0 Å². The highest BCUT2D eigenvalue weighted by Gasteiger charge is 2.64. The smallest absolute Gasteiger partial charge is 0.497 e. The van der Waals surface area contributed by atoms with Crippen LogP contribution < -0.4 is 31.9 Å². The molecule has 112 heavy (non-hydrogen) atoms. The second-order valence-corrected chi connectivity index (χ2v) is 32.2. The van der Waals surface area contributed by atoms with Gasteiger partial charge in [0.2, 0.25) is 0 Å². The number of aromatic nitrogens is 4. The number of furan rings is 2. The van der Waals surface area contributed by atoms with E-state index in [-0.39, 0.29) is 29.8 Å². The van der Waals surface area contributed by atoms with Gasteiger partial charge in [-0.2, -0.15) is 0 Å². The number of hydrogen-bond donors (Lipinski definition) is 4. The summed E-state index contributed by atoms with van der Waals surface area (Å²) < 4.78 is 64.5. The van der Waals surface area contributed by atoms with E-state index in [1.165, 1.54) is 43.1 Å². The summed E-state index contributed by atoms with van der Waals surface area (Å²) in [5.74, 6) is 1.23. The Balaban J connectivity index is 0.000000133. The zero-order valence-corrected chi connectivity index (χ0v) is 68.3. The lowest BCUT2D eigenvalue weighted by atomic mass is 9.49. The fourth-order valence-electron chi connectivity index (χ4n) is 12.8. The number of nitrogen functional groups attached to an aromatic ring is 2. The predicted molar refractivity (Wildman–Crippen MR) is 463 cm³/mol. The van der Waals surface area contributed by atoms with E-state index in [0.29, 0.717) is 42.1 Å². The Hall–Kier alpha value is -8.55. The Morgan fingerprint density at radius 3 is 1.21 bits per heavy atom. The maximum Gasteiger partial charge on any atom is 0.497 e. The molecule has 0 atom stereocenters. The molecule has 14 aromatic rings. The first-order valence-corrected chi connectivity index (χ1v) is 38.2. The molecule has 0 unspecified atom stereocenters. The van der Waals surface area contributed by atoms with Gasteiger partial charge in [0.25, 0.3) is 0 Å². The Morgan fingerprint density at radius 1 is 0.429 bits per heavy atom. The normalized spacial score (nSPS) is 16.6. The first-order valence-electron chi connectivity index (χ1n) is 36.3. The SMILES string of the molecule is C.C1CCOC1.CC1(C)OB(B2OC(C)(C)C(C)(C)O2)OC1(C)C.CC1(C)OB(c2cncc3oc4cc5ccccc5cc4c23)OC1(C)C.COc1cc2ccccc2cc1-c1c(N)cncc1Cl.COc1cc2ccccc2cc1B(O)O.Clc1cncc2oc3cc4ccccc4cc3c12.Nc1cncc(Cl)c1Br. The minimum atomic E-state index is -1.51. The van der Waals surface area contributed by atoms with E-state index in [4.69, 9.17) is 97.2 Å². The standard InChI is InChI=1S/C21H20BNO3.C16H13ClN2O.C15H8ClNO.C12H24B2O4.C11H11BO3.C5H4BrClN2.C4H8O.CH4/c1-20(2)21(3,4)26-22(25-20)16-11-23-12-18-19(16)15-9-13-7-5-6-8-14(13)10-17(15)24-18;1-20-15-7-11-5-3-2-4-10(11)6-12(15)16-13(17)8-19-9-14(16)18;16-12-7-17-8-14-15(12)11-5-9-3-1-2-4-10(9)6-13(11)18-14;1-9(2)10(3,4)16-13(15-9)14-17-11(5,6)12(7,8)18-14;1-15-11-7-9-5-3-2-4-8(9)6-10(11)12(13)14;6-5-3(7)1-9-2-4(5)8;1-2-4-5-3-1;/h5-12H,1-4H3;2-9H,18H2,1H3;1-8H;1-8H3;2-7,13-14H,1H3;1-2H,8H2;1-4H2;1H4. The van der Waals surface area contributed by atoms with Gasteiger partial charge in [-0.25, -0.2) is 0 Å². The number of rotatable bonds is 6.